The van der Waals surface area contributed by atoms with Gasteiger partial charge in [0.1, 0.15) is 0 Å². The third kappa shape index (κ3) is 4.08. The van der Waals surface area contributed by atoms with Crippen molar-refractivity contribution in [1.82, 2.24) is 4.90 Å². The van der Waals surface area contributed by atoms with Crippen LogP contribution in [0.3, 0.4) is 0 Å². The Morgan fingerprint density at radius 3 is 2.58 bits per heavy atom. The highest BCUT2D eigenvalue weighted by molar-refractivity contribution is 5.77. The molecule has 0 aromatic heterocycles. The molecule has 4 heteroatoms. The molecule has 0 spiro atoms. The van der Waals surface area contributed by atoms with Gasteiger partial charge in [-0.3, -0.25) is 4.79 Å². The summed E-state index contributed by atoms with van der Waals surface area (Å²) in [4.78, 5) is 13.6. The molecule has 1 aromatic carbocycles. The van der Waals surface area contributed by atoms with Crippen LogP contribution < -0.4 is 0 Å². The molecule has 0 aliphatic heterocycles. The van der Waals surface area contributed by atoms with Crippen LogP contribution in [0.1, 0.15) is 32.3 Å². The molecule has 0 fully saturated rings. The smallest absolute Gasteiger partial charge is 0.225 e. The van der Waals surface area contributed by atoms with Gasteiger partial charge in [0.25, 0.3) is 0 Å². The summed E-state index contributed by atoms with van der Waals surface area (Å²) in [6.45, 7) is 3.45. The first-order valence-electron chi connectivity index (χ1n) is 6.29. The minimum absolute atomic E-state index is 0.00326. The molecular weight excluding hydrogens is 240 g/mol. The number of nitriles is 1. The first kappa shape index (κ1) is 15.2. The summed E-state index contributed by atoms with van der Waals surface area (Å²) in [6, 6.07) is 11.0. The van der Waals surface area contributed by atoms with Crippen LogP contribution in [-0.4, -0.2) is 29.0 Å². The maximum absolute atomic E-state index is 12.1. The van der Waals surface area contributed by atoms with E-state index in [0.717, 1.165) is 0 Å². The molecule has 0 heterocycles. The van der Waals surface area contributed by atoms with Gasteiger partial charge in [0.15, 0.2) is 0 Å². The largest absolute Gasteiger partial charge is 0.385 e. The number of benzene rings is 1. The van der Waals surface area contributed by atoms with Gasteiger partial charge >= 0.3 is 0 Å². The predicted molar refractivity (Wildman–Crippen MR) is 73.1 cm³/mol. The lowest BCUT2D eigenvalue weighted by molar-refractivity contribution is -0.136. The molecule has 0 aliphatic rings. The zero-order valence-corrected chi connectivity index (χ0v) is 11.6. The highest BCUT2D eigenvalue weighted by Crippen LogP contribution is 2.25. The fraction of sp³-hybridized carbons (Fsp3) is 0.467. The van der Waals surface area contributed by atoms with Gasteiger partial charge in [-0.1, -0.05) is 30.3 Å². The summed E-state index contributed by atoms with van der Waals surface area (Å²) >= 11 is 0. The van der Waals surface area contributed by atoms with Crippen molar-refractivity contribution in [2.75, 3.05) is 7.05 Å². The number of carbonyl (C=O) groups is 1. The number of hydrogen-bond acceptors (Lipinski definition) is 3. The van der Waals surface area contributed by atoms with E-state index in [2.05, 4.69) is 0 Å². The van der Waals surface area contributed by atoms with Crippen molar-refractivity contribution < 1.29 is 9.90 Å². The Kier molecular flexibility index (Phi) is 5.08. The van der Waals surface area contributed by atoms with Crippen molar-refractivity contribution >= 4 is 5.91 Å². The van der Waals surface area contributed by atoms with Crippen molar-refractivity contribution in [3.8, 4) is 6.07 Å². The Morgan fingerprint density at radius 1 is 1.47 bits per heavy atom. The SMILES string of the molecule is CC(CC#N)N(C)C(=O)CC(C)(O)c1ccccc1. The lowest BCUT2D eigenvalue weighted by Gasteiger charge is -2.29. The molecule has 0 bridgehead atoms. The van der Waals surface area contributed by atoms with Gasteiger partial charge in [0, 0.05) is 13.1 Å². The van der Waals surface area contributed by atoms with E-state index in [0.29, 0.717) is 5.56 Å². The van der Waals surface area contributed by atoms with Crippen LogP contribution in [0.15, 0.2) is 30.3 Å². The Morgan fingerprint density at radius 2 is 2.05 bits per heavy atom. The first-order chi connectivity index (χ1) is 8.88. The van der Waals surface area contributed by atoms with Gasteiger partial charge in [-0.05, 0) is 19.4 Å². The molecule has 0 saturated heterocycles. The quantitative estimate of drug-likeness (QED) is 0.881. The zero-order chi connectivity index (χ0) is 14.5. The average Bonchev–Trinajstić information content (AvgIpc) is 2.38. The maximum Gasteiger partial charge on any atom is 0.225 e. The maximum atomic E-state index is 12.1. The van der Waals surface area contributed by atoms with Crippen molar-refractivity contribution in [1.29, 1.82) is 5.26 Å². The second-order valence-corrected chi connectivity index (χ2v) is 5.03. The number of hydrogen-bond donors (Lipinski definition) is 1. The minimum atomic E-state index is -1.20. The molecule has 19 heavy (non-hydrogen) atoms. The van der Waals surface area contributed by atoms with Gasteiger partial charge in [0.2, 0.25) is 5.91 Å². The standard InChI is InChI=1S/C15H20N2O2/c1-12(9-10-16)17(3)14(18)11-15(2,19)13-7-5-4-6-8-13/h4-8,12,19H,9,11H2,1-3H3. The molecule has 4 nitrogen and oxygen atoms in total. The van der Waals surface area contributed by atoms with Crippen LogP contribution in [0, 0.1) is 11.3 Å². The number of carbonyl (C=O) groups excluding carboxylic acids is 1. The fourth-order valence-electron chi connectivity index (χ4n) is 1.83. The summed E-state index contributed by atoms with van der Waals surface area (Å²) in [5.41, 5.74) is -0.483. The van der Waals surface area contributed by atoms with Gasteiger partial charge in [0.05, 0.1) is 24.5 Å². The normalized spacial score (nSPS) is 15.1. The van der Waals surface area contributed by atoms with Crippen molar-refractivity contribution in [2.45, 2.75) is 38.3 Å². The van der Waals surface area contributed by atoms with Gasteiger partial charge in [-0.2, -0.15) is 5.26 Å². The Bertz CT molecular complexity index is 463. The highest BCUT2D eigenvalue weighted by Gasteiger charge is 2.29. The fourth-order valence-corrected chi connectivity index (χ4v) is 1.83. The molecule has 2 atom stereocenters. The average molecular weight is 260 g/mol. The first-order valence-corrected chi connectivity index (χ1v) is 6.29. The molecule has 2 unspecified atom stereocenters. The van der Waals surface area contributed by atoms with E-state index < -0.39 is 5.60 Å². The molecule has 1 aromatic rings. The van der Waals surface area contributed by atoms with E-state index >= 15 is 0 Å². The molecule has 0 aliphatic carbocycles. The summed E-state index contributed by atoms with van der Waals surface area (Å²) < 4.78 is 0. The van der Waals surface area contributed by atoms with Crippen LogP contribution in [0.5, 0.6) is 0 Å². The summed E-state index contributed by atoms with van der Waals surface area (Å²) in [5.74, 6) is -0.170. The number of amides is 1. The highest BCUT2D eigenvalue weighted by atomic mass is 16.3. The van der Waals surface area contributed by atoms with Crippen LogP contribution in [-0.2, 0) is 10.4 Å². The monoisotopic (exact) mass is 260 g/mol. The molecule has 102 valence electrons. The zero-order valence-electron chi connectivity index (χ0n) is 11.6. The van der Waals surface area contributed by atoms with Gasteiger partial charge in [-0.25, -0.2) is 0 Å². The number of aliphatic hydroxyl groups is 1. The third-order valence-electron chi connectivity index (χ3n) is 3.33. The Balaban J connectivity index is 2.74. The number of rotatable bonds is 5. The van der Waals surface area contributed by atoms with E-state index in [1.54, 1.807) is 26.1 Å². The van der Waals surface area contributed by atoms with E-state index in [1.165, 1.54) is 4.90 Å². The van der Waals surface area contributed by atoms with Crippen LogP contribution in [0.2, 0.25) is 0 Å². The molecule has 0 saturated carbocycles. The molecule has 1 amide bonds. The van der Waals surface area contributed by atoms with E-state index in [9.17, 15) is 9.90 Å². The van der Waals surface area contributed by atoms with Crippen molar-refractivity contribution in [2.24, 2.45) is 0 Å². The predicted octanol–water partition coefficient (Wildman–Crippen LogP) is 2.04. The second-order valence-electron chi connectivity index (χ2n) is 5.03. The van der Waals surface area contributed by atoms with Gasteiger partial charge in [-0.15, -0.1) is 0 Å². The van der Waals surface area contributed by atoms with Crippen molar-refractivity contribution in [3.05, 3.63) is 35.9 Å². The minimum Gasteiger partial charge on any atom is -0.385 e. The van der Waals surface area contributed by atoms with Crippen LogP contribution in [0.4, 0.5) is 0 Å². The topological polar surface area (TPSA) is 64.3 Å². The van der Waals surface area contributed by atoms with Gasteiger partial charge < -0.3 is 10.0 Å². The Hall–Kier alpha value is -1.86. The summed E-state index contributed by atoms with van der Waals surface area (Å²) in [7, 11) is 1.66. The summed E-state index contributed by atoms with van der Waals surface area (Å²) in [6.07, 6.45) is 0.291. The molecule has 0 radical (unpaired) electrons. The van der Waals surface area contributed by atoms with Crippen molar-refractivity contribution in [3.63, 3.8) is 0 Å². The summed E-state index contributed by atoms with van der Waals surface area (Å²) in [5, 5.41) is 19.0. The van der Waals surface area contributed by atoms with E-state index in [-0.39, 0.29) is 24.8 Å². The number of nitrogens with zero attached hydrogens (tertiary/aromatic N) is 2. The second kappa shape index (κ2) is 6.35. The molecular formula is C15H20N2O2. The molecule has 1 N–H and O–H groups in total. The van der Waals surface area contributed by atoms with Crippen LogP contribution in [0.25, 0.3) is 0 Å². The lowest BCUT2D eigenvalue weighted by atomic mass is 9.92. The molecule has 1 rings (SSSR count). The van der Waals surface area contributed by atoms with Crippen LogP contribution >= 0.6 is 0 Å². The lowest BCUT2D eigenvalue weighted by Crippen LogP contribution is -2.39. The Labute approximate surface area is 114 Å². The third-order valence-corrected chi connectivity index (χ3v) is 3.33. The van der Waals surface area contributed by atoms with E-state index in [1.807, 2.05) is 31.2 Å². The van der Waals surface area contributed by atoms with E-state index in [4.69, 9.17) is 5.26 Å².